The van der Waals surface area contributed by atoms with Crippen LogP contribution >= 0.6 is 0 Å². The molecule has 204 valence electrons. The van der Waals surface area contributed by atoms with E-state index in [1.807, 2.05) is 67.6 Å². The number of amides is 2. The lowest BCUT2D eigenvalue weighted by Gasteiger charge is -2.21. The molecule has 0 bridgehead atoms. The highest BCUT2D eigenvalue weighted by Gasteiger charge is 2.29. The van der Waals surface area contributed by atoms with Crippen LogP contribution in [-0.2, 0) is 14.4 Å². The third-order valence-electron chi connectivity index (χ3n) is 5.84. The Kier molecular flexibility index (Phi) is 10.5. The van der Waals surface area contributed by atoms with Gasteiger partial charge in [0.25, 0.3) is 6.47 Å². The zero-order valence-electron chi connectivity index (χ0n) is 21.8. The SMILES string of the molecule is CC(NC(=O)C(C(=O)Nc1ccc(C(=N)N)cc1)c1ccccc1)c1ccc(Oc2ccccc2)cc1.O=CO. The minimum atomic E-state index is -1.06. The Morgan fingerprint density at radius 3 is 1.88 bits per heavy atom. The van der Waals surface area contributed by atoms with Gasteiger partial charge in [-0.25, -0.2) is 0 Å². The maximum atomic E-state index is 13.4. The molecule has 0 heterocycles. The third-order valence-corrected chi connectivity index (χ3v) is 5.84. The second kappa shape index (κ2) is 14.5. The van der Waals surface area contributed by atoms with Crippen LogP contribution in [-0.4, -0.2) is 29.2 Å². The highest BCUT2D eigenvalue weighted by molar-refractivity contribution is 6.11. The summed E-state index contributed by atoms with van der Waals surface area (Å²) in [5, 5.41) is 20.2. The summed E-state index contributed by atoms with van der Waals surface area (Å²) < 4.78 is 5.84. The van der Waals surface area contributed by atoms with E-state index in [4.69, 9.17) is 25.8 Å². The molecule has 0 aliphatic rings. The van der Waals surface area contributed by atoms with Crippen LogP contribution in [0.3, 0.4) is 0 Å². The fourth-order valence-electron chi connectivity index (χ4n) is 3.84. The number of ether oxygens (including phenoxy) is 1. The second-order valence-electron chi connectivity index (χ2n) is 8.64. The quantitative estimate of drug-likeness (QED) is 0.0868. The number of hydrogen-bond donors (Lipinski definition) is 5. The van der Waals surface area contributed by atoms with Crippen LogP contribution in [0.5, 0.6) is 11.5 Å². The molecule has 0 aromatic heterocycles. The van der Waals surface area contributed by atoms with E-state index in [0.717, 1.165) is 11.3 Å². The number of para-hydroxylation sites is 1. The Morgan fingerprint density at radius 2 is 1.32 bits per heavy atom. The lowest BCUT2D eigenvalue weighted by atomic mass is 9.96. The van der Waals surface area contributed by atoms with Crippen molar-refractivity contribution in [2.24, 2.45) is 5.73 Å². The Labute approximate surface area is 232 Å². The molecule has 2 atom stereocenters. The number of rotatable bonds is 9. The van der Waals surface area contributed by atoms with Gasteiger partial charge < -0.3 is 26.2 Å². The van der Waals surface area contributed by atoms with Gasteiger partial charge in [0.1, 0.15) is 23.3 Å². The summed E-state index contributed by atoms with van der Waals surface area (Å²) in [6, 6.07) is 32.1. The standard InChI is InChI=1S/C30H28N4O3.CH2O2/c1-20(21-14-18-26(19-15-21)37-25-10-6-3-7-11-25)33-29(35)27(22-8-4-2-5-9-22)30(36)34-24-16-12-23(13-17-24)28(31)32;2-1-3/h2-20,27H,1H3,(H3,31,32)(H,33,35)(H,34,36);1H,(H,2,3). The molecule has 0 aliphatic carbocycles. The largest absolute Gasteiger partial charge is 0.483 e. The van der Waals surface area contributed by atoms with Gasteiger partial charge in [-0.05, 0) is 66.6 Å². The predicted octanol–water partition coefficient (Wildman–Crippen LogP) is 5.06. The summed E-state index contributed by atoms with van der Waals surface area (Å²) in [6.45, 7) is 1.62. The molecule has 9 nitrogen and oxygen atoms in total. The fraction of sp³-hybridized carbons (Fsp3) is 0.0968. The van der Waals surface area contributed by atoms with Crippen LogP contribution in [0.25, 0.3) is 0 Å². The van der Waals surface area contributed by atoms with Crippen LogP contribution in [0, 0.1) is 5.41 Å². The zero-order valence-corrected chi connectivity index (χ0v) is 21.8. The summed E-state index contributed by atoms with van der Waals surface area (Å²) in [4.78, 5) is 35.0. The number of carbonyl (C=O) groups excluding carboxylic acids is 2. The summed E-state index contributed by atoms with van der Waals surface area (Å²) >= 11 is 0. The lowest BCUT2D eigenvalue weighted by molar-refractivity contribution is -0.129. The zero-order chi connectivity index (χ0) is 28.9. The summed E-state index contributed by atoms with van der Waals surface area (Å²) in [5.41, 5.74) is 8.01. The number of hydrogen-bond acceptors (Lipinski definition) is 5. The van der Waals surface area contributed by atoms with E-state index in [9.17, 15) is 9.59 Å². The molecule has 2 amide bonds. The fourth-order valence-corrected chi connectivity index (χ4v) is 3.84. The van der Waals surface area contributed by atoms with Gasteiger partial charge in [0.2, 0.25) is 11.8 Å². The van der Waals surface area contributed by atoms with E-state index in [2.05, 4.69) is 10.6 Å². The molecule has 0 saturated carbocycles. The summed E-state index contributed by atoms with van der Waals surface area (Å²) in [6.07, 6.45) is 0. The molecule has 0 fully saturated rings. The normalized spacial score (nSPS) is 11.5. The van der Waals surface area contributed by atoms with Crippen molar-refractivity contribution in [3.05, 3.63) is 126 Å². The number of benzene rings is 4. The minimum absolute atomic E-state index is 0.0620. The predicted molar refractivity (Wildman–Crippen MR) is 153 cm³/mol. The highest BCUT2D eigenvalue weighted by Crippen LogP contribution is 2.25. The summed E-state index contributed by atoms with van der Waals surface area (Å²) in [5.74, 6) is -0.570. The van der Waals surface area contributed by atoms with E-state index in [1.165, 1.54) is 0 Å². The molecular weight excluding hydrogens is 508 g/mol. The van der Waals surface area contributed by atoms with Crippen molar-refractivity contribution < 1.29 is 24.2 Å². The van der Waals surface area contributed by atoms with Crippen molar-refractivity contribution in [3.8, 4) is 11.5 Å². The van der Waals surface area contributed by atoms with Crippen molar-refractivity contribution in [3.63, 3.8) is 0 Å². The smallest absolute Gasteiger partial charge is 0.290 e. The Hall–Kier alpha value is -5.44. The number of carbonyl (C=O) groups is 3. The topological polar surface area (TPSA) is 155 Å². The Bertz CT molecular complexity index is 1410. The van der Waals surface area contributed by atoms with Crippen LogP contribution in [0.15, 0.2) is 109 Å². The van der Waals surface area contributed by atoms with Crippen molar-refractivity contribution in [1.29, 1.82) is 5.41 Å². The van der Waals surface area contributed by atoms with Crippen molar-refractivity contribution >= 4 is 29.8 Å². The van der Waals surface area contributed by atoms with Crippen LogP contribution in [0.1, 0.15) is 35.6 Å². The van der Waals surface area contributed by atoms with Gasteiger partial charge in [0, 0.05) is 11.3 Å². The second-order valence-corrected chi connectivity index (χ2v) is 8.64. The number of nitrogens with one attached hydrogen (secondary N) is 3. The molecule has 40 heavy (non-hydrogen) atoms. The molecule has 0 aliphatic heterocycles. The number of carboxylic acid groups (broad SMARTS) is 1. The first-order valence-corrected chi connectivity index (χ1v) is 12.3. The van der Waals surface area contributed by atoms with Crippen LogP contribution in [0.2, 0.25) is 0 Å². The van der Waals surface area contributed by atoms with E-state index in [-0.39, 0.29) is 18.3 Å². The van der Waals surface area contributed by atoms with Gasteiger partial charge in [0.15, 0.2) is 0 Å². The van der Waals surface area contributed by atoms with Crippen molar-refractivity contribution in [1.82, 2.24) is 5.32 Å². The molecule has 6 N–H and O–H groups in total. The molecule has 4 aromatic carbocycles. The molecule has 4 aromatic rings. The molecule has 9 heteroatoms. The van der Waals surface area contributed by atoms with E-state index >= 15 is 0 Å². The first kappa shape index (κ1) is 29.1. The maximum Gasteiger partial charge on any atom is 0.290 e. The lowest BCUT2D eigenvalue weighted by Crippen LogP contribution is -2.37. The molecule has 0 radical (unpaired) electrons. The Balaban J connectivity index is 0.00000141. The van der Waals surface area contributed by atoms with Crippen molar-refractivity contribution in [2.75, 3.05) is 5.32 Å². The first-order chi connectivity index (χ1) is 19.3. The molecule has 0 saturated heterocycles. The van der Waals surface area contributed by atoms with Gasteiger partial charge >= 0.3 is 0 Å². The molecule has 0 spiro atoms. The molecule has 2 unspecified atom stereocenters. The number of nitrogen functional groups attached to an aromatic ring is 1. The maximum absolute atomic E-state index is 13.4. The van der Waals surface area contributed by atoms with E-state index in [0.29, 0.717) is 22.6 Å². The minimum Gasteiger partial charge on any atom is -0.483 e. The van der Waals surface area contributed by atoms with E-state index < -0.39 is 17.7 Å². The average molecular weight is 539 g/mol. The average Bonchev–Trinajstić information content (AvgIpc) is 2.95. The van der Waals surface area contributed by atoms with Gasteiger partial charge in [0.05, 0.1) is 6.04 Å². The van der Waals surface area contributed by atoms with Gasteiger partial charge in [-0.3, -0.25) is 19.8 Å². The van der Waals surface area contributed by atoms with Crippen LogP contribution in [0.4, 0.5) is 5.69 Å². The van der Waals surface area contributed by atoms with Gasteiger partial charge in [-0.2, -0.15) is 0 Å². The van der Waals surface area contributed by atoms with Gasteiger partial charge in [-0.15, -0.1) is 0 Å². The van der Waals surface area contributed by atoms with Gasteiger partial charge in [-0.1, -0.05) is 60.7 Å². The van der Waals surface area contributed by atoms with E-state index in [1.54, 1.807) is 48.5 Å². The molecular formula is C31H30N4O5. The number of amidine groups is 1. The molecule has 4 rings (SSSR count). The number of nitrogens with two attached hydrogens (primary N) is 1. The van der Waals surface area contributed by atoms with Crippen molar-refractivity contribution in [2.45, 2.75) is 18.9 Å². The summed E-state index contributed by atoms with van der Waals surface area (Å²) in [7, 11) is 0. The highest BCUT2D eigenvalue weighted by atomic mass is 16.5. The Morgan fingerprint density at radius 1 is 0.800 bits per heavy atom. The third kappa shape index (κ3) is 8.29. The monoisotopic (exact) mass is 538 g/mol. The first-order valence-electron chi connectivity index (χ1n) is 12.3. The number of anilines is 1. The van der Waals surface area contributed by atoms with Crippen LogP contribution < -0.4 is 21.1 Å².